The molecule has 3 rings (SSSR count). The summed E-state index contributed by atoms with van der Waals surface area (Å²) < 4.78 is 2.23. The topological polar surface area (TPSA) is 69.3 Å². The van der Waals surface area contributed by atoms with E-state index in [0.717, 1.165) is 43.7 Å². The van der Waals surface area contributed by atoms with Gasteiger partial charge in [0.25, 0.3) is 11.5 Å². The molecule has 2 aliphatic heterocycles. The second-order valence-corrected chi connectivity index (χ2v) is 9.42. The van der Waals surface area contributed by atoms with Gasteiger partial charge < -0.3 is 4.90 Å². The molecule has 0 saturated carbocycles. The monoisotopic (exact) mass is 430 g/mol. The number of likely N-dealkylation sites (N-methyl/N-ethyl adjacent to an activating group) is 1. The largest absolute Gasteiger partial charge is 0.357 e. The number of nitriles is 1. The van der Waals surface area contributed by atoms with Crippen molar-refractivity contribution in [3.63, 3.8) is 0 Å². The number of rotatable bonds is 4. The van der Waals surface area contributed by atoms with E-state index >= 15 is 0 Å². The number of anilines is 1. The van der Waals surface area contributed by atoms with Crippen LogP contribution in [0.25, 0.3) is 6.08 Å². The van der Waals surface area contributed by atoms with Crippen molar-refractivity contribution in [2.24, 2.45) is 5.92 Å². The fraction of sp³-hybridized carbons (Fsp3) is 0.524. The number of thiocarbonyl (C=S) groups is 1. The van der Waals surface area contributed by atoms with Crippen LogP contribution in [0, 0.1) is 24.2 Å². The SMILES string of the molecule is CCCn1c(N2CCCC(C)C2)c(/C=C2/SC(=S)N(C)C2=O)c(C)c(C#N)c1=O. The molecule has 2 aliphatic rings. The van der Waals surface area contributed by atoms with Crippen LogP contribution in [-0.2, 0) is 11.3 Å². The van der Waals surface area contributed by atoms with Crippen LogP contribution in [0.15, 0.2) is 9.70 Å². The summed E-state index contributed by atoms with van der Waals surface area (Å²) in [6.45, 7) is 8.27. The summed E-state index contributed by atoms with van der Waals surface area (Å²) in [5.74, 6) is 1.19. The lowest BCUT2D eigenvalue weighted by Gasteiger charge is -2.36. The maximum Gasteiger partial charge on any atom is 0.270 e. The zero-order chi connectivity index (χ0) is 21.3. The first-order chi connectivity index (χ1) is 13.8. The van der Waals surface area contributed by atoms with Gasteiger partial charge >= 0.3 is 0 Å². The van der Waals surface area contributed by atoms with E-state index in [1.165, 1.54) is 16.7 Å². The first kappa shape index (κ1) is 21.6. The Balaban J connectivity index is 2.29. The zero-order valence-electron chi connectivity index (χ0n) is 17.3. The number of carbonyl (C=O) groups excluding carboxylic acids is 1. The number of nitrogens with zero attached hydrogens (tertiary/aromatic N) is 4. The minimum Gasteiger partial charge on any atom is -0.357 e. The number of thioether (sulfide) groups is 1. The Hall–Kier alpha value is -2.11. The smallest absolute Gasteiger partial charge is 0.270 e. The first-order valence-electron chi connectivity index (χ1n) is 9.94. The number of aromatic nitrogens is 1. The highest BCUT2D eigenvalue weighted by molar-refractivity contribution is 8.26. The molecular weight excluding hydrogens is 404 g/mol. The van der Waals surface area contributed by atoms with Gasteiger partial charge in [-0.3, -0.25) is 19.1 Å². The Bertz CT molecular complexity index is 990. The quantitative estimate of drug-likeness (QED) is 0.538. The van der Waals surface area contributed by atoms with Crippen molar-refractivity contribution in [1.29, 1.82) is 5.26 Å². The van der Waals surface area contributed by atoms with Gasteiger partial charge in [-0.2, -0.15) is 5.26 Å². The maximum atomic E-state index is 13.1. The van der Waals surface area contributed by atoms with Crippen LogP contribution in [-0.4, -0.2) is 39.8 Å². The molecule has 1 aromatic rings. The number of piperidine rings is 1. The van der Waals surface area contributed by atoms with Gasteiger partial charge in [-0.25, -0.2) is 0 Å². The van der Waals surface area contributed by atoms with Crippen LogP contribution in [0.5, 0.6) is 0 Å². The lowest BCUT2D eigenvalue weighted by Crippen LogP contribution is -2.40. The molecule has 0 aliphatic carbocycles. The Kier molecular flexibility index (Phi) is 6.49. The molecule has 0 radical (unpaired) electrons. The van der Waals surface area contributed by atoms with Crippen molar-refractivity contribution < 1.29 is 4.79 Å². The molecule has 1 unspecified atom stereocenters. The molecule has 2 saturated heterocycles. The first-order valence-corrected chi connectivity index (χ1v) is 11.2. The zero-order valence-corrected chi connectivity index (χ0v) is 19.0. The third-order valence-electron chi connectivity index (χ3n) is 5.51. The minimum atomic E-state index is -0.250. The van der Waals surface area contributed by atoms with Gasteiger partial charge in [0, 0.05) is 32.2 Å². The third kappa shape index (κ3) is 3.99. The van der Waals surface area contributed by atoms with E-state index in [0.29, 0.717) is 27.3 Å². The van der Waals surface area contributed by atoms with Crippen LogP contribution < -0.4 is 10.5 Å². The highest BCUT2D eigenvalue weighted by Crippen LogP contribution is 2.36. The highest BCUT2D eigenvalue weighted by Gasteiger charge is 2.31. The van der Waals surface area contributed by atoms with Crippen molar-refractivity contribution in [1.82, 2.24) is 9.47 Å². The maximum absolute atomic E-state index is 13.1. The Morgan fingerprint density at radius 3 is 2.66 bits per heavy atom. The molecule has 1 aromatic heterocycles. The third-order valence-corrected chi connectivity index (χ3v) is 7.00. The van der Waals surface area contributed by atoms with Crippen LogP contribution >= 0.6 is 24.0 Å². The number of hydrogen-bond donors (Lipinski definition) is 0. The predicted molar refractivity (Wildman–Crippen MR) is 122 cm³/mol. The summed E-state index contributed by atoms with van der Waals surface area (Å²) in [5, 5.41) is 9.66. The highest BCUT2D eigenvalue weighted by atomic mass is 32.2. The second-order valence-electron chi connectivity index (χ2n) is 7.74. The van der Waals surface area contributed by atoms with Crippen molar-refractivity contribution in [2.75, 3.05) is 25.0 Å². The molecular formula is C21H26N4O2S2. The van der Waals surface area contributed by atoms with Crippen LogP contribution in [0.4, 0.5) is 5.82 Å². The lowest BCUT2D eigenvalue weighted by atomic mass is 9.98. The molecule has 8 heteroatoms. The van der Waals surface area contributed by atoms with Gasteiger partial charge in [0.1, 0.15) is 21.8 Å². The average molecular weight is 431 g/mol. The van der Waals surface area contributed by atoms with E-state index in [1.807, 2.05) is 13.0 Å². The van der Waals surface area contributed by atoms with Crippen molar-refractivity contribution in [3.05, 3.63) is 31.9 Å². The summed E-state index contributed by atoms with van der Waals surface area (Å²) in [7, 11) is 1.66. The van der Waals surface area contributed by atoms with Gasteiger partial charge in [0.2, 0.25) is 0 Å². The molecule has 6 nitrogen and oxygen atoms in total. The van der Waals surface area contributed by atoms with Crippen molar-refractivity contribution in [3.8, 4) is 6.07 Å². The molecule has 154 valence electrons. The molecule has 0 spiro atoms. The molecule has 0 aromatic carbocycles. The Morgan fingerprint density at radius 2 is 2.10 bits per heavy atom. The lowest BCUT2D eigenvalue weighted by molar-refractivity contribution is -0.121. The van der Waals surface area contributed by atoms with E-state index in [9.17, 15) is 14.9 Å². The van der Waals surface area contributed by atoms with Crippen LogP contribution in [0.2, 0.25) is 0 Å². The van der Waals surface area contributed by atoms with E-state index in [-0.39, 0.29) is 17.0 Å². The number of hydrogen-bond acceptors (Lipinski definition) is 6. The Labute approximate surface area is 181 Å². The molecule has 1 atom stereocenters. The molecule has 0 N–H and O–H groups in total. The number of pyridine rings is 1. The van der Waals surface area contributed by atoms with E-state index in [1.54, 1.807) is 18.5 Å². The fourth-order valence-electron chi connectivity index (χ4n) is 3.97. The van der Waals surface area contributed by atoms with E-state index in [4.69, 9.17) is 12.2 Å². The predicted octanol–water partition coefficient (Wildman–Crippen LogP) is 3.51. The van der Waals surface area contributed by atoms with Crippen molar-refractivity contribution in [2.45, 2.75) is 46.6 Å². The summed E-state index contributed by atoms with van der Waals surface area (Å²) in [6.07, 6.45) is 4.81. The fourth-order valence-corrected chi connectivity index (χ4v) is 5.14. The van der Waals surface area contributed by atoms with E-state index < -0.39 is 0 Å². The van der Waals surface area contributed by atoms with Gasteiger partial charge in [0.05, 0.1) is 4.91 Å². The van der Waals surface area contributed by atoms with Gasteiger partial charge in [-0.1, -0.05) is 37.8 Å². The summed E-state index contributed by atoms with van der Waals surface area (Å²) >= 11 is 6.52. The van der Waals surface area contributed by atoms with Gasteiger partial charge in [-0.05, 0) is 43.7 Å². The summed E-state index contributed by atoms with van der Waals surface area (Å²) in [6, 6.07) is 2.09. The van der Waals surface area contributed by atoms with Gasteiger partial charge in [-0.15, -0.1) is 0 Å². The summed E-state index contributed by atoms with van der Waals surface area (Å²) in [5.41, 5.74) is 1.29. The van der Waals surface area contributed by atoms with Crippen LogP contribution in [0.3, 0.4) is 0 Å². The summed E-state index contributed by atoms with van der Waals surface area (Å²) in [4.78, 5) is 29.9. The molecule has 2 fully saturated rings. The number of amides is 1. The molecule has 0 bridgehead atoms. The average Bonchev–Trinajstić information content (AvgIpc) is 2.93. The number of carbonyl (C=O) groups is 1. The minimum absolute atomic E-state index is 0.144. The Morgan fingerprint density at radius 1 is 1.38 bits per heavy atom. The van der Waals surface area contributed by atoms with E-state index in [2.05, 4.69) is 17.9 Å². The molecule has 1 amide bonds. The second kappa shape index (κ2) is 8.72. The van der Waals surface area contributed by atoms with Gasteiger partial charge in [0.15, 0.2) is 0 Å². The van der Waals surface area contributed by atoms with Crippen LogP contribution in [0.1, 0.15) is 49.8 Å². The molecule has 29 heavy (non-hydrogen) atoms. The van der Waals surface area contributed by atoms with Crippen molar-refractivity contribution >= 4 is 46.1 Å². The normalized spacial score (nSPS) is 21.2. The standard InChI is InChI=1S/C21H26N4O2S2/c1-5-8-25-18(24-9-6-7-13(2)12-24)15(14(3)16(11-22)19(25)26)10-17-20(27)23(4)21(28)29-17/h10,13H,5-9,12H2,1-4H3/b17-10+. The molecule has 3 heterocycles.